The van der Waals surface area contributed by atoms with Crippen LogP contribution in [-0.2, 0) is 0 Å². The van der Waals surface area contributed by atoms with E-state index in [4.69, 9.17) is 15.0 Å². The molecular weight excluding hydrogens is 679 g/mol. The van der Waals surface area contributed by atoms with Gasteiger partial charge < -0.3 is 0 Å². The number of aromatic nitrogens is 3. The van der Waals surface area contributed by atoms with Crippen LogP contribution in [0.25, 0.3) is 110 Å². The van der Waals surface area contributed by atoms with Gasteiger partial charge in [-0.3, -0.25) is 0 Å². The van der Waals surface area contributed by atoms with E-state index in [2.05, 4.69) is 200 Å². The smallest absolute Gasteiger partial charge is 0.164 e. The van der Waals surface area contributed by atoms with Crippen LogP contribution in [0.5, 0.6) is 0 Å². The lowest BCUT2D eigenvalue weighted by Crippen LogP contribution is -2.00. The van der Waals surface area contributed by atoms with Crippen LogP contribution in [0.15, 0.2) is 200 Å². The van der Waals surface area contributed by atoms with Gasteiger partial charge in [-0.05, 0) is 106 Å². The highest BCUT2D eigenvalue weighted by Crippen LogP contribution is 2.40. The van der Waals surface area contributed by atoms with Crippen molar-refractivity contribution in [3.05, 3.63) is 200 Å². The highest BCUT2D eigenvalue weighted by Gasteiger charge is 2.17. The fourth-order valence-corrected chi connectivity index (χ4v) is 8.37. The van der Waals surface area contributed by atoms with E-state index >= 15 is 0 Å². The maximum Gasteiger partial charge on any atom is 0.164 e. The van der Waals surface area contributed by atoms with Crippen molar-refractivity contribution < 1.29 is 0 Å². The fraction of sp³-hybridized carbons (Fsp3) is 0. The number of fused-ring (bicyclic) bond motifs is 5. The molecule has 0 aliphatic rings. The molecule has 0 saturated heterocycles. The molecule has 11 rings (SSSR count). The van der Waals surface area contributed by atoms with Crippen molar-refractivity contribution in [3.63, 3.8) is 0 Å². The Morgan fingerprint density at radius 1 is 0.214 bits per heavy atom. The quantitative estimate of drug-likeness (QED) is 0.167. The van der Waals surface area contributed by atoms with Gasteiger partial charge in [-0.25, -0.2) is 15.0 Å². The van der Waals surface area contributed by atoms with E-state index in [0.717, 1.165) is 33.2 Å². The van der Waals surface area contributed by atoms with Gasteiger partial charge in [0.15, 0.2) is 17.5 Å². The van der Waals surface area contributed by atoms with Gasteiger partial charge in [-0.1, -0.05) is 170 Å². The van der Waals surface area contributed by atoms with Gasteiger partial charge in [0.1, 0.15) is 0 Å². The minimum atomic E-state index is 0.630. The first-order valence-electron chi connectivity index (χ1n) is 19.0. The third kappa shape index (κ3) is 5.49. The molecule has 3 nitrogen and oxygen atoms in total. The van der Waals surface area contributed by atoms with Gasteiger partial charge in [-0.15, -0.1) is 0 Å². The van der Waals surface area contributed by atoms with Crippen molar-refractivity contribution in [3.8, 4) is 56.4 Å². The highest BCUT2D eigenvalue weighted by molar-refractivity contribution is 6.14. The third-order valence-electron chi connectivity index (χ3n) is 11.0. The molecule has 0 aliphatic carbocycles. The summed E-state index contributed by atoms with van der Waals surface area (Å²) in [6.45, 7) is 0. The Bertz CT molecular complexity index is 3040. The van der Waals surface area contributed by atoms with Crippen molar-refractivity contribution in [1.29, 1.82) is 0 Å². The van der Waals surface area contributed by atoms with Crippen molar-refractivity contribution in [2.24, 2.45) is 0 Å². The van der Waals surface area contributed by atoms with Crippen molar-refractivity contribution in [2.45, 2.75) is 0 Å². The molecule has 11 aromatic rings. The molecule has 0 aliphatic heterocycles. The monoisotopic (exact) mass is 711 g/mol. The average Bonchev–Trinajstić information content (AvgIpc) is 3.27. The molecule has 3 heteroatoms. The van der Waals surface area contributed by atoms with E-state index in [0.29, 0.717) is 17.5 Å². The summed E-state index contributed by atoms with van der Waals surface area (Å²) in [6.07, 6.45) is 0. The average molecular weight is 712 g/mol. The van der Waals surface area contributed by atoms with E-state index < -0.39 is 0 Å². The predicted octanol–water partition coefficient (Wildman–Crippen LogP) is 14.0. The largest absolute Gasteiger partial charge is 0.208 e. The number of hydrogen-bond donors (Lipinski definition) is 0. The summed E-state index contributed by atoms with van der Waals surface area (Å²) >= 11 is 0. The minimum absolute atomic E-state index is 0.630. The lowest BCUT2D eigenvalue weighted by atomic mass is 9.91. The molecule has 10 aromatic carbocycles. The second-order valence-corrected chi connectivity index (χ2v) is 14.4. The van der Waals surface area contributed by atoms with Crippen molar-refractivity contribution in [1.82, 2.24) is 15.0 Å². The van der Waals surface area contributed by atoms with Crippen LogP contribution in [-0.4, -0.2) is 15.0 Å². The van der Waals surface area contributed by atoms with Crippen LogP contribution in [0.1, 0.15) is 0 Å². The van der Waals surface area contributed by atoms with E-state index in [1.165, 1.54) is 59.6 Å². The predicted molar refractivity (Wildman–Crippen MR) is 235 cm³/mol. The van der Waals surface area contributed by atoms with Crippen LogP contribution in [0.2, 0.25) is 0 Å². The van der Waals surface area contributed by atoms with Gasteiger partial charge in [-0.2, -0.15) is 0 Å². The summed E-state index contributed by atoms with van der Waals surface area (Å²) < 4.78 is 0. The van der Waals surface area contributed by atoms with E-state index in [1.807, 2.05) is 0 Å². The summed E-state index contributed by atoms with van der Waals surface area (Å²) in [4.78, 5) is 15.7. The first-order valence-corrected chi connectivity index (χ1v) is 19.0. The second kappa shape index (κ2) is 13.1. The normalized spacial score (nSPS) is 11.6. The van der Waals surface area contributed by atoms with Gasteiger partial charge in [0.2, 0.25) is 0 Å². The molecule has 0 saturated carbocycles. The summed E-state index contributed by atoms with van der Waals surface area (Å²) in [7, 11) is 0. The van der Waals surface area contributed by atoms with E-state index in [9.17, 15) is 0 Å². The summed E-state index contributed by atoms with van der Waals surface area (Å²) in [5.74, 6) is 1.90. The molecule has 0 N–H and O–H groups in total. The molecule has 0 fully saturated rings. The zero-order chi connectivity index (χ0) is 37.0. The van der Waals surface area contributed by atoms with Crippen molar-refractivity contribution in [2.75, 3.05) is 0 Å². The molecule has 260 valence electrons. The van der Waals surface area contributed by atoms with Crippen molar-refractivity contribution >= 4 is 53.9 Å². The molecule has 0 amide bonds. The lowest BCUT2D eigenvalue weighted by Gasteiger charge is -2.14. The summed E-state index contributed by atoms with van der Waals surface area (Å²) in [5, 5.41) is 12.0. The van der Waals surface area contributed by atoms with Gasteiger partial charge in [0.05, 0.1) is 0 Å². The van der Waals surface area contributed by atoms with E-state index in [1.54, 1.807) is 0 Å². The van der Waals surface area contributed by atoms with Gasteiger partial charge >= 0.3 is 0 Å². The Morgan fingerprint density at radius 3 is 0.982 bits per heavy atom. The zero-order valence-corrected chi connectivity index (χ0v) is 30.4. The number of benzene rings is 10. The highest BCUT2D eigenvalue weighted by atomic mass is 15.0. The Balaban J connectivity index is 1.12. The van der Waals surface area contributed by atoms with Crippen LogP contribution in [0, 0.1) is 0 Å². The minimum Gasteiger partial charge on any atom is -0.208 e. The van der Waals surface area contributed by atoms with E-state index in [-0.39, 0.29) is 0 Å². The third-order valence-corrected chi connectivity index (χ3v) is 11.0. The Labute approximate surface area is 324 Å². The second-order valence-electron chi connectivity index (χ2n) is 14.4. The Morgan fingerprint density at radius 2 is 0.554 bits per heavy atom. The molecule has 1 aromatic heterocycles. The Hall–Kier alpha value is -7.49. The maximum absolute atomic E-state index is 5.26. The molecule has 56 heavy (non-hydrogen) atoms. The summed E-state index contributed by atoms with van der Waals surface area (Å²) in [6, 6.07) is 71.3. The molecule has 0 bridgehead atoms. The van der Waals surface area contributed by atoms with Crippen LogP contribution >= 0.6 is 0 Å². The molecule has 0 atom stereocenters. The first-order chi connectivity index (χ1) is 27.7. The van der Waals surface area contributed by atoms with Crippen LogP contribution in [0.4, 0.5) is 0 Å². The SMILES string of the molecule is c1cc(-c2nc(-c3cccc(-c4c5ccccc5cc5ccccc45)c3)nc(-c3ccc4ccccc4c3)n2)cc(-c2c3ccccc3cc3ccccc23)c1. The lowest BCUT2D eigenvalue weighted by molar-refractivity contribution is 1.07. The van der Waals surface area contributed by atoms with Gasteiger partial charge in [0, 0.05) is 16.7 Å². The number of rotatable bonds is 5. The molecule has 0 radical (unpaired) electrons. The maximum atomic E-state index is 5.26. The molecule has 1 heterocycles. The number of hydrogen-bond acceptors (Lipinski definition) is 3. The van der Waals surface area contributed by atoms with Gasteiger partial charge in [0.25, 0.3) is 0 Å². The molecule has 0 spiro atoms. The Kier molecular flexibility index (Phi) is 7.49. The standard InChI is InChI=1S/C53H33N3/c1-2-14-35-29-44(28-27-34(35)13-1)53-55-51(42-21-11-19-40(32-42)49-45-23-7-3-15-36(45)30-37-16-4-8-24-46(37)49)54-52(56-53)43-22-12-20-41(33-43)50-47-25-9-5-17-38(47)31-39-18-6-10-26-48(39)50/h1-33H. The summed E-state index contributed by atoms with van der Waals surface area (Å²) in [5.41, 5.74) is 7.46. The first kappa shape index (κ1) is 32.0. The fourth-order valence-electron chi connectivity index (χ4n) is 8.37. The van der Waals surface area contributed by atoms with Crippen LogP contribution in [0.3, 0.4) is 0 Å². The zero-order valence-electron chi connectivity index (χ0n) is 30.4. The molecular formula is C53H33N3. The van der Waals surface area contributed by atoms with Crippen LogP contribution < -0.4 is 0 Å². The number of nitrogens with zero attached hydrogens (tertiary/aromatic N) is 3. The molecule has 0 unspecified atom stereocenters. The topological polar surface area (TPSA) is 38.7 Å².